The number of carbonyl (C=O) groups excluding carboxylic acids is 2. The van der Waals surface area contributed by atoms with Gasteiger partial charge in [0.15, 0.2) is 0 Å². The minimum Gasteiger partial charge on any atom is -0.494 e. The van der Waals surface area contributed by atoms with Crippen LogP contribution in [0.4, 0.5) is 5.69 Å². The first-order chi connectivity index (χ1) is 12.4. The van der Waals surface area contributed by atoms with Crippen LogP contribution in [0.2, 0.25) is 0 Å². The summed E-state index contributed by atoms with van der Waals surface area (Å²) in [6.45, 7) is 2.09. The molecule has 0 spiro atoms. The van der Waals surface area contributed by atoms with Crippen molar-refractivity contribution in [2.24, 2.45) is 5.73 Å². The van der Waals surface area contributed by atoms with Gasteiger partial charge in [0.05, 0.1) is 13.7 Å². The number of rotatable bonds is 8. The molecule has 0 fully saturated rings. The summed E-state index contributed by atoms with van der Waals surface area (Å²) in [4.78, 5) is 23.5. The number of nitrogens with two attached hydrogens (primary N) is 1. The van der Waals surface area contributed by atoms with Crippen molar-refractivity contribution in [3.63, 3.8) is 0 Å². The number of halogens is 1. The molecule has 7 heteroatoms. The summed E-state index contributed by atoms with van der Waals surface area (Å²) >= 11 is 0. The molecule has 1 amide bonds. The van der Waals surface area contributed by atoms with E-state index in [1.54, 1.807) is 31.2 Å². The van der Waals surface area contributed by atoms with E-state index in [0.29, 0.717) is 30.9 Å². The molecular formula is C20H25ClN2O4. The highest BCUT2D eigenvalue weighted by molar-refractivity contribution is 5.98. The van der Waals surface area contributed by atoms with E-state index in [1.165, 1.54) is 7.11 Å². The average molecular weight is 393 g/mol. The number of benzene rings is 2. The van der Waals surface area contributed by atoms with Crippen molar-refractivity contribution in [1.29, 1.82) is 0 Å². The minimum atomic E-state index is -1.13. The number of carbonyl (C=O) groups is 2. The molecule has 1 atom stereocenters. The maximum Gasteiger partial charge on any atom is 0.305 e. The molecule has 146 valence electrons. The number of nitrogens with one attached hydrogen (secondary N) is 1. The molecule has 3 N–H and O–H groups in total. The van der Waals surface area contributed by atoms with E-state index in [2.05, 4.69) is 10.1 Å². The normalized spacial score (nSPS) is 12.3. The highest BCUT2D eigenvalue weighted by Gasteiger charge is 2.30. The van der Waals surface area contributed by atoms with E-state index < -0.39 is 5.54 Å². The van der Waals surface area contributed by atoms with Crippen molar-refractivity contribution in [2.75, 3.05) is 19.0 Å². The molecular weight excluding hydrogens is 368 g/mol. The second kappa shape index (κ2) is 10.5. The first-order valence-electron chi connectivity index (χ1n) is 8.39. The second-order valence-corrected chi connectivity index (χ2v) is 6.08. The van der Waals surface area contributed by atoms with Gasteiger partial charge in [-0.3, -0.25) is 9.59 Å². The van der Waals surface area contributed by atoms with Crippen molar-refractivity contribution in [3.8, 4) is 5.75 Å². The lowest BCUT2D eigenvalue weighted by molar-refractivity contribution is -0.140. The van der Waals surface area contributed by atoms with E-state index >= 15 is 0 Å². The third-order valence-corrected chi connectivity index (χ3v) is 3.98. The van der Waals surface area contributed by atoms with Crippen LogP contribution >= 0.6 is 12.4 Å². The molecule has 27 heavy (non-hydrogen) atoms. The Morgan fingerprint density at radius 3 is 2.30 bits per heavy atom. The fourth-order valence-corrected chi connectivity index (χ4v) is 2.32. The van der Waals surface area contributed by atoms with Crippen molar-refractivity contribution < 1.29 is 19.1 Å². The zero-order valence-electron chi connectivity index (χ0n) is 15.4. The molecule has 6 nitrogen and oxygen atoms in total. The lowest BCUT2D eigenvalue weighted by Crippen LogP contribution is -2.45. The smallest absolute Gasteiger partial charge is 0.305 e. The van der Waals surface area contributed by atoms with Gasteiger partial charge < -0.3 is 20.5 Å². The molecule has 0 saturated heterocycles. The van der Waals surface area contributed by atoms with E-state index in [0.717, 1.165) is 5.56 Å². The standard InChI is InChI=1S/C20H24N2O4.ClH/c1-20(21,15-7-4-3-5-8-15)19(24)22-16-10-12-17(13-11-16)26-14-6-9-18(23)25-2;/h3-5,7-8,10-13H,6,9,14,21H2,1-2H3,(H,22,24);1H. The van der Waals surface area contributed by atoms with Gasteiger partial charge in [0, 0.05) is 12.1 Å². The molecule has 0 aliphatic rings. The van der Waals surface area contributed by atoms with Crippen LogP contribution in [0.5, 0.6) is 5.75 Å². The number of hydrogen-bond donors (Lipinski definition) is 2. The first kappa shape index (κ1) is 22.5. The Hall–Kier alpha value is -2.57. The van der Waals surface area contributed by atoms with Crippen LogP contribution in [0.15, 0.2) is 54.6 Å². The maximum absolute atomic E-state index is 12.5. The highest BCUT2D eigenvalue weighted by Crippen LogP contribution is 2.21. The van der Waals surface area contributed by atoms with Crippen LogP contribution in [0.3, 0.4) is 0 Å². The van der Waals surface area contributed by atoms with Crippen LogP contribution in [0, 0.1) is 0 Å². The fraction of sp³-hybridized carbons (Fsp3) is 0.300. The van der Waals surface area contributed by atoms with E-state index in [9.17, 15) is 9.59 Å². The van der Waals surface area contributed by atoms with Gasteiger partial charge in [-0.05, 0) is 43.2 Å². The molecule has 1 unspecified atom stereocenters. The van der Waals surface area contributed by atoms with Crippen LogP contribution in [-0.2, 0) is 19.9 Å². The maximum atomic E-state index is 12.5. The van der Waals surface area contributed by atoms with Gasteiger partial charge in [0.2, 0.25) is 5.91 Å². The van der Waals surface area contributed by atoms with Gasteiger partial charge in [-0.2, -0.15) is 0 Å². The number of esters is 1. The second-order valence-electron chi connectivity index (χ2n) is 6.08. The summed E-state index contributed by atoms with van der Waals surface area (Å²) in [5.41, 5.74) is 6.44. The van der Waals surface area contributed by atoms with Gasteiger partial charge in [0.25, 0.3) is 0 Å². The molecule has 0 aliphatic heterocycles. The summed E-state index contributed by atoms with van der Waals surface area (Å²) in [6.07, 6.45) is 0.896. The molecule has 0 heterocycles. The Labute approximate surface area is 165 Å². The lowest BCUT2D eigenvalue weighted by atomic mass is 9.92. The van der Waals surface area contributed by atoms with E-state index in [-0.39, 0.29) is 24.3 Å². The third kappa shape index (κ3) is 6.58. The van der Waals surface area contributed by atoms with Gasteiger partial charge in [-0.15, -0.1) is 12.4 Å². The Morgan fingerprint density at radius 1 is 1.07 bits per heavy atom. The molecule has 0 bridgehead atoms. The summed E-state index contributed by atoms with van der Waals surface area (Å²) < 4.78 is 10.1. The van der Waals surface area contributed by atoms with Crippen LogP contribution < -0.4 is 15.8 Å². The third-order valence-electron chi connectivity index (χ3n) is 3.98. The number of amides is 1. The van der Waals surface area contributed by atoms with Gasteiger partial charge >= 0.3 is 5.97 Å². The first-order valence-corrected chi connectivity index (χ1v) is 8.39. The zero-order valence-corrected chi connectivity index (χ0v) is 16.3. The Bertz CT molecular complexity index is 733. The number of ether oxygens (including phenoxy) is 2. The van der Waals surface area contributed by atoms with E-state index in [1.807, 2.05) is 30.3 Å². The summed E-state index contributed by atoms with van der Waals surface area (Å²) in [6, 6.07) is 16.2. The average Bonchev–Trinajstić information content (AvgIpc) is 2.66. The van der Waals surface area contributed by atoms with E-state index in [4.69, 9.17) is 10.5 Å². The molecule has 2 rings (SSSR count). The molecule has 2 aromatic carbocycles. The van der Waals surface area contributed by atoms with Gasteiger partial charge in [-0.1, -0.05) is 30.3 Å². The lowest BCUT2D eigenvalue weighted by Gasteiger charge is -2.24. The number of anilines is 1. The topological polar surface area (TPSA) is 90.6 Å². The van der Waals surface area contributed by atoms with Gasteiger partial charge in [-0.25, -0.2) is 0 Å². The molecule has 0 saturated carbocycles. The van der Waals surface area contributed by atoms with Crippen molar-refractivity contribution in [2.45, 2.75) is 25.3 Å². The van der Waals surface area contributed by atoms with Crippen molar-refractivity contribution in [1.82, 2.24) is 0 Å². The Morgan fingerprint density at radius 2 is 1.70 bits per heavy atom. The van der Waals surface area contributed by atoms with Gasteiger partial charge in [0.1, 0.15) is 11.3 Å². The predicted molar refractivity (Wildman–Crippen MR) is 107 cm³/mol. The van der Waals surface area contributed by atoms with Crippen LogP contribution in [-0.4, -0.2) is 25.6 Å². The Balaban J connectivity index is 0.00000364. The molecule has 0 radical (unpaired) electrons. The molecule has 0 aromatic heterocycles. The quantitative estimate of drug-likeness (QED) is 0.531. The van der Waals surface area contributed by atoms with Crippen molar-refractivity contribution >= 4 is 30.0 Å². The molecule has 2 aromatic rings. The SMILES string of the molecule is COC(=O)CCCOc1ccc(NC(=O)C(C)(N)c2ccccc2)cc1.Cl. The number of hydrogen-bond acceptors (Lipinski definition) is 5. The number of methoxy groups -OCH3 is 1. The minimum absolute atomic E-state index is 0. The predicted octanol–water partition coefficient (Wildman–Crippen LogP) is 3.25. The van der Waals surface area contributed by atoms with Crippen molar-refractivity contribution in [3.05, 3.63) is 60.2 Å². The summed E-state index contributed by atoms with van der Waals surface area (Å²) in [5.74, 6) is 0.108. The monoisotopic (exact) mass is 392 g/mol. The van der Waals surface area contributed by atoms with Crippen LogP contribution in [0.25, 0.3) is 0 Å². The summed E-state index contributed by atoms with van der Waals surface area (Å²) in [7, 11) is 1.36. The van der Waals surface area contributed by atoms with Crippen LogP contribution in [0.1, 0.15) is 25.3 Å². The fourth-order valence-electron chi connectivity index (χ4n) is 2.32. The Kier molecular flexibility index (Phi) is 8.78. The largest absolute Gasteiger partial charge is 0.494 e. The summed E-state index contributed by atoms with van der Waals surface area (Å²) in [5, 5.41) is 2.82. The molecule has 0 aliphatic carbocycles. The zero-order chi connectivity index (χ0) is 19.0. The highest BCUT2D eigenvalue weighted by atomic mass is 35.5.